The van der Waals surface area contributed by atoms with Gasteiger partial charge in [-0.1, -0.05) is 18.2 Å². The number of piperazine rings is 1. The van der Waals surface area contributed by atoms with Crippen LogP contribution in [0.4, 0.5) is 10.5 Å². The van der Waals surface area contributed by atoms with Crippen molar-refractivity contribution in [2.24, 2.45) is 0 Å². The summed E-state index contributed by atoms with van der Waals surface area (Å²) in [6, 6.07) is 15.6. The highest BCUT2D eigenvalue weighted by Crippen LogP contribution is 2.51. The Balaban J connectivity index is 0.00000292. The summed E-state index contributed by atoms with van der Waals surface area (Å²) < 4.78 is 51.9. The third kappa shape index (κ3) is 7.12. The van der Waals surface area contributed by atoms with Crippen LogP contribution in [-0.2, 0) is 20.4 Å². The van der Waals surface area contributed by atoms with E-state index in [1.807, 2.05) is 0 Å². The van der Waals surface area contributed by atoms with E-state index < -0.39 is 27.5 Å². The maximum Gasteiger partial charge on any atom is 0.318 e. The number of sulfonamides is 1. The van der Waals surface area contributed by atoms with Gasteiger partial charge in [0.25, 0.3) is 15.9 Å². The number of nitrogens with zero attached hydrogens (tertiary/aromatic N) is 4. The van der Waals surface area contributed by atoms with Gasteiger partial charge in [0, 0.05) is 49.4 Å². The number of halogens is 2. The molecule has 13 nitrogen and oxygen atoms in total. The monoisotopic (exact) mass is 765 g/mol. The summed E-state index contributed by atoms with van der Waals surface area (Å²) >= 11 is 0. The van der Waals surface area contributed by atoms with Gasteiger partial charge in [-0.3, -0.25) is 9.69 Å². The van der Waals surface area contributed by atoms with Crippen molar-refractivity contribution >= 4 is 52.5 Å². The zero-order chi connectivity index (χ0) is 34.9. The second-order valence-electron chi connectivity index (χ2n) is 12.4. The highest BCUT2D eigenvalue weighted by atomic mass is 35.5. The van der Waals surface area contributed by atoms with Crippen molar-refractivity contribution in [2.45, 2.75) is 29.3 Å². The third-order valence-electron chi connectivity index (χ3n) is 9.83. The molecule has 0 saturated carbocycles. The number of methoxy groups -OCH3 is 4. The minimum Gasteiger partial charge on any atom is -0.497 e. The maximum absolute atomic E-state index is 15.1. The van der Waals surface area contributed by atoms with E-state index in [0.29, 0.717) is 49.5 Å². The average molecular weight is 767 g/mol. The molecule has 1 unspecified atom stereocenters. The third-order valence-corrected chi connectivity index (χ3v) is 11.6. The topological polar surface area (TPSA) is 130 Å². The molecule has 278 valence electrons. The molecule has 0 spiro atoms. The number of hydrogen-bond acceptors (Lipinski definition) is 10. The minimum absolute atomic E-state index is 0. The number of hydrogen-bond donors (Lipinski definition) is 1. The fourth-order valence-electron chi connectivity index (χ4n) is 7.11. The first-order chi connectivity index (χ1) is 23.6. The van der Waals surface area contributed by atoms with E-state index in [2.05, 4.69) is 22.2 Å². The number of nitrogens with one attached hydrogen (secondary N) is 1. The van der Waals surface area contributed by atoms with E-state index in [4.69, 9.17) is 18.9 Å². The molecule has 2 fully saturated rings. The number of para-hydroxylation sites is 1. The first-order valence-corrected chi connectivity index (χ1v) is 17.7. The van der Waals surface area contributed by atoms with Gasteiger partial charge in [-0.25, -0.2) is 13.2 Å². The van der Waals surface area contributed by atoms with Gasteiger partial charge in [0.2, 0.25) is 0 Å². The highest BCUT2D eigenvalue weighted by molar-refractivity contribution is 7.93. The Hall–Kier alpha value is -3.95. The van der Waals surface area contributed by atoms with Gasteiger partial charge >= 0.3 is 6.03 Å². The Kier molecular flexibility index (Phi) is 12.6. The summed E-state index contributed by atoms with van der Waals surface area (Å²) in [5.41, 5.74) is -1.46. The van der Waals surface area contributed by atoms with Crippen molar-refractivity contribution in [1.82, 2.24) is 20.0 Å². The van der Waals surface area contributed by atoms with Gasteiger partial charge in [0.15, 0.2) is 5.54 Å². The number of fused-ring (bicyclic) bond motifs is 1. The van der Waals surface area contributed by atoms with Gasteiger partial charge in [-0.15, -0.1) is 24.8 Å². The number of amides is 3. The average Bonchev–Trinajstić information content (AvgIpc) is 3.38. The van der Waals surface area contributed by atoms with E-state index in [0.717, 1.165) is 30.2 Å². The van der Waals surface area contributed by atoms with Crippen LogP contribution in [0.25, 0.3) is 0 Å². The van der Waals surface area contributed by atoms with Gasteiger partial charge in [-0.2, -0.15) is 4.31 Å². The van der Waals surface area contributed by atoms with Crippen molar-refractivity contribution in [1.29, 1.82) is 0 Å². The summed E-state index contributed by atoms with van der Waals surface area (Å²) in [6.07, 6.45) is 2.16. The fourth-order valence-corrected chi connectivity index (χ4v) is 8.72. The van der Waals surface area contributed by atoms with Crippen LogP contribution in [-0.4, -0.2) is 116 Å². The molecule has 51 heavy (non-hydrogen) atoms. The highest BCUT2D eigenvalue weighted by Gasteiger charge is 2.59. The van der Waals surface area contributed by atoms with Crippen LogP contribution in [0, 0.1) is 0 Å². The normalized spacial score (nSPS) is 19.7. The summed E-state index contributed by atoms with van der Waals surface area (Å²) in [5, 5.41) is 3.03. The van der Waals surface area contributed by atoms with Crippen LogP contribution < -0.4 is 28.6 Å². The number of anilines is 1. The molecule has 3 aliphatic rings. The molecule has 0 radical (unpaired) electrons. The first-order valence-electron chi connectivity index (χ1n) is 16.2. The molecule has 3 heterocycles. The van der Waals surface area contributed by atoms with Crippen molar-refractivity contribution < 1.29 is 37.0 Å². The van der Waals surface area contributed by atoms with Crippen molar-refractivity contribution in [3.05, 3.63) is 71.8 Å². The van der Waals surface area contributed by atoms with E-state index in [9.17, 15) is 13.2 Å². The van der Waals surface area contributed by atoms with Crippen LogP contribution in [0.3, 0.4) is 0 Å². The molecule has 3 aromatic carbocycles. The predicted octanol–water partition coefficient (Wildman–Crippen LogP) is 3.97. The zero-order valence-corrected chi connectivity index (χ0v) is 31.7. The molecule has 6 rings (SSSR count). The number of likely N-dealkylation sites (tertiary alicyclic amines) is 1. The first kappa shape index (κ1) is 39.8. The molecule has 3 aromatic rings. The summed E-state index contributed by atoms with van der Waals surface area (Å²) in [5.74, 6) is 0.117. The van der Waals surface area contributed by atoms with Crippen molar-refractivity contribution in [3.63, 3.8) is 0 Å². The largest absolute Gasteiger partial charge is 0.497 e. The number of carbonyl (C=O) groups is 2. The van der Waals surface area contributed by atoms with E-state index in [1.165, 1.54) is 52.7 Å². The number of ether oxygens (including phenoxy) is 4. The van der Waals surface area contributed by atoms with E-state index in [-0.39, 0.29) is 52.3 Å². The lowest BCUT2D eigenvalue weighted by molar-refractivity contribution is -0.121. The molecular formula is C35H45Cl2N5O8S. The molecule has 2 saturated heterocycles. The zero-order valence-electron chi connectivity index (χ0n) is 29.3. The molecule has 3 aliphatic heterocycles. The number of urea groups is 1. The lowest BCUT2D eigenvalue weighted by atomic mass is 9.83. The lowest BCUT2D eigenvalue weighted by Gasteiger charge is -2.43. The molecule has 3 amide bonds. The summed E-state index contributed by atoms with van der Waals surface area (Å²) in [6.45, 7) is 4.37. The number of carbonyl (C=O) groups excluding carboxylic acids is 2. The van der Waals surface area contributed by atoms with Crippen molar-refractivity contribution in [3.8, 4) is 23.0 Å². The number of benzene rings is 3. The second kappa shape index (κ2) is 16.2. The SMILES string of the molecule is COc1ccc(S(=O)(=O)N2C(=O)C(NC(=O)N3CCN(C4CCN(C)CC4)CC3)(c3ccccc3OC)c3cc(OC)ccc32)c(OC)c1.Cl.Cl. The smallest absolute Gasteiger partial charge is 0.318 e. The summed E-state index contributed by atoms with van der Waals surface area (Å²) in [4.78, 5) is 35.7. The lowest BCUT2D eigenvalue weighted by Crippen LogP contribution is -2.61. The quantitative estimate of drug-likeness (QED) is 0.342. The Bertz CT molecular complexity index is 1830. The second-order valence-corrected chi connectivity index (χ2v) is 14.2. The predicted molar refractivity (Wildman–Crippen MR) is 198 cm³/mol. The molecule has 16 heteroatoms. The molecule has 0 bridgehead atoms. The number of rotatable bonds is 9. The maximum atomic E-state index is 15.1. The molecule has 0 aromatic heterocycles. The molecule has 1 N–H and O–H groups in total. The van der Waals surface area contributed by atoms with E-state index in [1.54, 1.807) is 41.3 Å². The van der Waals surface area contributed by atoms with Crippen LogP contribution in [0.5, 0.6) is 23.0 Å². The molecular weight excluding hydrogens is 721 g/mol. The van der Waals surface area contributed by atoms with E-state index >= 15 is 4.79 Å². The van der Waals surface area contributed by atoms with Gasteiger partial charge in [0.1, 0.15) is 27.9 Å². The summed E-state index contributed by atoms with van der Waals surface area (Å²) in [7, 11) is 3.23. The van der Waals surface area contributed by atoms with Crippen molar-refractivity contribution in [2.75, 3.05) is 79.1 Å². The number of piperidine rings is 1. The molecule has 0 aliphatic carbocycles. The van der Waals surface area contributed by atoms with Gasteiger partial charge < -0.3 is 34.1 Å². The standard InChI is InChI=1S/C35H43N5O8S.2ClH/c1-37-16-14-24(15-17-37)38-18-20-39(21-19-38)34(42)36-35(27-8-6-7-9-30(27)47-4)28-22-25(45-2)10-12-29(28)40(33(35)41)49(43,44)32-13-11-26(46-3)23-31(32)48-5;;/h6-13,22-24H,14-21H2,1-5H3,(H,36,42);2*1H. The van der Waals surface area contributed by atoms with Gasteiger partial charge in [-0.05, 0) is 69.4 Å². The van der Waals surface area contributed by atoms with Gasteiger partial charge in [0.05, 0.1) is 34.1 Å². The molecule has 1 atom stereocenters. The van der Waals surface area contributed by atoms with Crippen LogP contribution in [0.1, 0.15) is 24.0 Å². The fraction of sp³-hybridized carbons (Fsp3) is 0.429. The Morgan fingerprint density at radius 1 is 0.765 bits per heavy atom. The Labute approximate surface area is 311 Å². The van der Waals surface area contributed by atoms with Crippen LogP contribution in [0.2, 0.25) is 0 Å². The Morgan fingerprint density at radius 2 is 1.37 bits per heavy atom. The van der Waals surface area contributed by atoms with Crippen LogP contribution >= 0.6 is 24.8 Å². The Morgan fingerprint density at radius 3 is 2.00 bits per heavy atom. The van der Waals surface area contributed by atoms with Crippen LogP contribution in [0.15, 0.2) is 65.6 Å². The minimum atomic E-state index is -4.62.